The fourth-order valence-electron chi connectivity index (χ4n) is 3.61. The molecule has 2 heterocycles. The van der Waals surface area contributed by atoms with E-state index < -0.39 is 0 Å². The van der Waals surface area contributed by atoms with Crippen molar-refractivity contribution in [1.29, 1.82) is 0 Å². The predicted octanol–water partition coefficient (Wildman–Crippen LogP) is 3.82. The van der Waals surface area contributed by atoms with Crippen molar-refractivity contribution >= 4 is 17.8 Å². The molecule has 0 saturated carbocycles. The van der Waals surface area contributed by atoms with Gasteiger partial charge in [-0.25, -0.2) is 4.98 Å². The summed E-state index contributed by atoms with van der Waals surface area (Å²) >= 11 is 0. The average molecular weight is 440 g/mol. The van der Waals surface area contributed by atoms with Gasteiger partial charge in [0.1, 0.15) is 5.82 Å². The Balaban J connectivity index is 1.52. The Morgan fingerprint density at radius 1 is 1.22 bits per heavy atom. The van der Waals surface area contributed by atoms with Crippen LogP contribution in [0.15, 0.2) is 42.6 Å². The van der Waals surface area contributed by atoms with Gasteiger partial charge in [0.15, 0.2) is 11.5 Å². The first-order valence-corrected chi connectivity index (χ1v) is 11.1. The van der Waals surface area contributed by atoms with Crippen molar-refractivity contribution in [2.75, 3.05) is 31.7 Å². The lowest BCUT2D eigenvalue weighted by atomic mass is 10.2. The smallest absolute Gasteiger partial charge is 0.244 e. The van der Waals surface area contributed by atoms with Gasteiger partial charge in [-0.15, -0.1) is 0 Å². The maximum atomic E-state index is 12.2. The van der Waals surface area contributed by atoms with Gasteiger partial charge in [-0.3, -0.25) is 4.79 Å². The molecular weight excluding hydrogens is 406 g/mol. The van der Waals surface area contributed by atoms with Crippen molar-refractivity contribution in [3.8, 4) is 11.5 Å². The van der Waals surface area contributed by atoms with Gasteiger partial charge in [0.25, 0.3) is 0 Å². The summed E-state index contributed by atoms with van der Waals surface area (Å²) in [6.07, 6.45) is 6.37. The molecule has 2 unspecified atom stereocenters. The molecule has 0 bridgehead atoms. The van der Waals surface area contributed by atoms with Crippen LogP contribution >= 0.6 is 0 Å². The lowest BCUT2D eigenvalue weighted by Gasteiger charge is -2.36. The van der Waals surface area contributed by atoms with Crippen molar-refractivity contribution in [1.82, 2.24) is 10.3 Å². The molecule has 1 aliphatic rings. The van der Waals surface area contributed by atoms with Crippen molar-refractivity contribution < 1.29 is 19.0 Å². The van der Waals surface area contributed by atoms with Crippen LogP contribution in [-0.4, -0.2) is 49.9 Å². The van der Waals surface area contributed by atoms with Crippen LogP contribution in [0, 0.1) is 0 Å². The number of anilines is 1. The van der Waals surface area contributed by atoms with Crippen molar-refractivity contribution in [3.63, 3.8) is 0 Å². The second-order valence-corrected chi connectivity index (χ2v) is 8.00. The van der Waals surface area contributed by atoms with Crippen LogP contribution in [-0.2, 0) is 16.1 Å². The number of methoxy groups -OCH3 is 1. The van der Waals surface area contributed by atoms with Gasteiger partial charge in [-0.2, -0.15) is 0 Å². The maximum absolute atomic E-state index is 12.2. The molecule has 1 aliphatic heterocycles. The zero-order valence-corrected chi connectivity index (χ0v) is 19.3. The number of hydrogen-bond donors (Lipinski definition) is 1. The van der Waals surface area contributed by atoms with Crippen molar-refractivity contribution in [3.05, 3.63) is 53.7 Å². The van der Waals surface area contributed by atoms with Crippen LogP contribution in [0.4, 0.5) is 5.82 Å². The molecular formula is C25H33N3O4. The number of carbonyl (C=O) groups is 1. The molecule has 1 fully saturated rings. The average Bonchev–Trinajstić information content (AvgIpc) is 2.80. The molecule has 0 radical (unpaired) electrons. The quantitative estimate of drug-likeness (QED) is 0.599. The molecule has 172 valence electrons. The molecule has 2 aromatic rings. The van der Waals surface area contributed by atoms with Gasteiger partial charge < -0.3 is 24.4 Å². The molecule has 7 nitrogen and oxygen atoms in total. The van der Waals surface area contributed by atoms with E-state index in [1.54, 1.807) is 13.2 Å². The van der Waals surface area contributed by atoms with E-state index in [0.717, 1.165) is 36.5 Å². The summed E-state index contributed by atoms with van der Waals surface area (Å²) in [5.41, 5.74) is 1.81. The van der Waals surface area contributed by atoms with Gasteiger partial charge >= 0.3 is 0 Å². The van der Waals surface area contributed by atoms with E-state index in [4.69, 9.17) is 14.2 Å². The van der Waals surface area contributed by atoms with Gasteiger partial charge in [0, 0.05) is 31.9 Å². The third-order valence-electron chi connectivity index (χ3n) is 5.10. The minimum Gasteiger partial charge on any atom is -0.493 e. The Kier molecular flexibility index (Phi) is 8.50. The summed E-state index contributed by atoms with van der Waals surface area (Å²) in [6.45, 7) is 8.91. The number of rotatable bonds is 9. The summed E-state index contributed by atoms with van der Waals surface area (Å²) in [5, 5.41) is 2.89. The van der Waals surface area contributed by atoms with Crippen LogP contribution in [0.3, 0.4) is 0 Å². The van der Waals surface area contributed by atoms with Crippen LogP contribution < -0.4 is 19.7 Å². The third kappa shape index (κ3) is 6.72. The van der Waals surface area contributed by atoms with Crippen molar-refractivity contribution in [2.45, 2.75) is 45.9 Å². The van der Waals surface area contributed by atoms with Crippen molar-refractivity contribution in [2.24, 2.45) is 0 Å². The summed E-state index contributed by atoms with van der Waals surface area (Å²) in [4.78, 5) is 19.0. The number of hydrogen-bond acceptors (Lipinski definition) is 6. The second kappa shape index (κ2) is 11.5. The first-order chi connectivity index (χ1) is 15.5. The SMILES string of the molecule is CCCOc1ccc(/C=C/C(=O)NCc2ccc(N3CC(C)OC(C)C3)nc2)cc1OC. The molecule has 0 spiro atoms. The molecule has 3 rings (SSSR count). The van der Waals surface area contributed by atoms with Crippen LogP contribution in [0.2, 0.25) is 0 Å². The highest BCUT2D eigenvalue weighted by Crippen LogP contribution is 2.28. The van der Waals surface area contributed by atoms with E-state index in [1.165, 1.54) is 6.08 Å². The van der Waals surface area contributed by atoms with E-state index in [9.17, 15) is 4.79 Å². The lowest BCUT2D eigenvalue weighted by Crippen LogP contribution is -2.45. The number of pyridine rings is 1. The fourth-order valence-corrected chi connectivity index (χ4v) is 3.61. The van der Waals surface area contributed by atoms with E-state index in [-0.39, 0.29) is 18.1 Å². The summed E-state index contributed by atoms with van der Waals surface area (Å²) in [7, 11) is 1.61. The Morgan fingerprint density at radius 3 is 2.66 bits per heavy atom. The van der Waals surface area contributed by atoms with E-state index in [0.29, 0.717) is 24.7 Å². The van der Waals surface area contributed by atoms with Crippen LogP contribution in [0.1, 0.15) is 38.3 Å². The molecule has 1 N–H and O–H groups in total. The van der Waals surface area contributed by atoms with Crippen LogP contribution in [0.25, 0.3) is 6.08 Å². The number of carbonyl (C=O) groups excluding carboxylic acids is 1. The molecule has 7 heteroatoms. The van der Waals surface area contributed by atoms with E-state index in [1.807, 2.05) is 36.5 Å². The first kappa shape index (κ1) is 23.6. The minimum atomic E-state index is -0.171. The Labute approximate surface area is 190 Å². The van der Waals surface area contributed by atoms with Gasteiger partial charge in [-0.1, -0.05) is 19.1 Å². The fraction of sp³-hybridized carbons (Fsp3) is 0.440. The molecule has 32 heavy (non-hydrogen) atoms. The largest absolute Gasteiger partial charge is 0.493 e. The second-order valence-electron chi connectivity index (χ2n) is 8.00. The minimum absolute atomic E-state index is 0.171. The Morgan fingerprint density at radius 2 is 2.00 bits per heavy atom. The number of ether oxygens (including phenoxy) is 3. The first-order valence-electron chi connectivity index (χ1n) is 11.1. The van der Waals surface area contributed by atoms with Crippen LogP contribution in [0.5, 0.6) is 11.5 Å². The molecule has 1 saturated heterocycles. The number of amides is 1. The predicted molar refractivity (Wildman–Crippen MR) is 126 cm³/mol. The van der Waals surface area contributed by atoms with Gasteiger partial charge in [0.2, 0.25) is 5.91 Å². The lowest BCUT2D eigenvalue weighted by molar-refractivity contribution is -0.116. The number of benzene rings is 1. The zero-order chi connectivity index (χ0) is 22.9. The van der Waals surface area contributed by atoms with Gasteiger partial charge in [0.05, 0.1) is 25.9 Å². The topological polar surface area (TPSA) is 72.9 Å². The highest BCUT2D eigenvalue weighted by Gasteiger charge is 2.22. The maximum Gasteiger partial charge on any atom is 0.244 e. The highest BCUT2D eigenvalue weighted by atomic mass is 16.5. The van der Waals surface area contributed by atoms with E-state index >= 15 is 0 Å². The molecule has 1 aromatic heterocycles. The normalized spacial score (nSPS) is 18.6. The summed E-state index contributed by atoms with van der Waals surface area (Å²) < 4.78 is 16.8. The monoisotopic (exact) mass is 439 g/mol. The summed E-state index contributed by atoms with van der Waals surface area (Å²) in [5.74, 6) is 2.11. The third-order valence-corrected chi connectivity index (χ3v) is 5.10. The number of morpholine rings is 1. The zero-order valence-electron chi connectivity index (χ0n) is 19.3. The Hall–Kier alpha value is -3.06. The Bertz CT molecular complexity index is 904. The highest BCUT2D eigenvalue weighted by molar-refractivity contribution is 5.91. The molecule has 1 amide bonds. The van der Waals surface area contributed by atoms with Gasteiger partial charge in [-0.05, 0) is 55.7 Å². The van der Waals surface area contributed by atoms with E-state index in [2.05, 4.69) is 36.0 Å². The molecule has 0 aliphatic carbocycles. The standard InChI is InChI=1S/C25H33N3O4/c1-5-12-31-22-9-6-20(13-23(22)30-4)8-11-25(29)27-15-21-7-10-24(26-14-21)28-16-18(2)32-19(3)17-28/h6-11,13-14,18-19H,5,12,15-17H2,1-4H3,(H,27,29)/b11-8+. The molecule has 2 atom stereocenters. The summed E-state index contributed by atoms with van der Waals surface area (Å²) in [6, 6.07) is 9.60. The number of aromatic nitrogens is 1. The number of nitrogens with zero attached hydrogens (tertiary/aromatic N) is 2. The number of nitrogens with one attached hydrogen (secondary N) is 1. The molecule has 1 aromatic carbocycles.